The third-order valence-electron chi connectivity index (χ3n) is 8.27. The van der Waals surface area contributed by atoms with Gasteiger partial charge in [0.05, 0.1) is 39.6 Å². The summed E-state index contributed by atoms with van der Waals surface area (Å²) in [5.74, 6) is -5.30. The van der Waals surface area contributed by atoms with Gasteiger partial charge in [-0.15, -0.1) is 0 Å². The van der Waals surface area contributed by atoms with Crippen LogP contribution in [0.25, 0.3) is 11.0 Å². The van der Waals surface area contributed by atoms with Gasteiger partial charge in [0.1, 0.15) is 11.9 Å². The molecule has 0 bridgehead atoms. The fourth-order valence-electron chi connectivity index (χ4n) is 5.76. The molecular formula is C34H34FN5Na2O7. The standard InChI is InChI=1S/C34H34FN5O7.2Na/c35-26-10-6-5-9-20(26)14-29(32(43)39-23-12-21(33(44)45)11-22(13-23)34(46)47)40-31(42)25-16-28-27(37-18-38-28)15-24(25)30(41)36-17-19-7-3-1-2-4-8-19;;/h5-6,9-13,15-16,18-19,29H,1-4,7-8,14,17H2,(H,36,41)(H,37,38)(H,39,43)(H,40,42)(H,44,45)(H,46,47);;/t29-;;/m0../s1. The Morgan fingerprint density at radius 1 is 0.857 bits per heavy atom. The van der Waals surface area contributed by atoms with E-state index in [0.717, 1.165) is 43.9 Å². The molecule has 5 rings (SSSR count). The Kier molecular flexibility index (Phi) is 15.0. The number of rotatable bonds is 11. The first-order valence-corrected chi connectivity index (χ1v) is 15.3. The van der Waals surface area contributed by atoms with Crippen LogP contribution in [0.15, 0.2) is 60.9 Å². The Hall–Kier alpha value is -3.59. The van der Waals surface area contributed by atoms with Crippen LogP contribution in [0, 0.1) is 11.7 Å². The molecule has 4 aromatic rings. The van der Waals surface area contributed by atoms with Crippen molar-refractivity contribution in [3.05, 3.63) is 94.6 Å². The van der Waals surface area contributed by atoms with E-state index in [-0.39, 0.29) is 99.0 Å². The number of carboxylic acid groups (broad SMARTS) is 2. The van der Waals surface area contributed by atoms with Gasteiger partial charge >= 0.3 is 11.9 Å². The van der Waals surface area contributed by atoms with Gasteiger partial charge in [-0.1, -0.05) is 43.9 Å². The van der Waals surface area contributed by atoms with Gasteiger partial charge in [0.2, 0.25) is 5.91 Å². The molecule has 0 spiro atoms. The molecule has 2 radical (unpaired) electrons. The molecule has 1 aliphatic carbocycles. The van der Waals surface area contributed by atoms with Crippen LogP contribution in [-0.4, -0.2) is 122 Å². The van der Waals surface area contributed by atoms with Crippen molar-refractivity contribution < 1.29 is 38.6 Å². The molecule has 15 heteroatoms. The van der Waals surface area contributed by atoms with Crippen LogP contribution in [0.3, 0.4) is 0 Å². The third kappa shape index (κ3) is 10.5. The Labute approximate surface area is 325 Å². The second-order valence-corrected chi connectivity index (χ2v) is 11.6. The maximum atomic E-state index is 14.7. The number of carboxylic acids is 2. The molecule has 246 valence electrons. The van der Waals surface area contributed by atoms with E-state index in [1.54, 1.807) is 6.07 Å². The number of amides is 3. The van der Waals surface area contributed by atoms with Gasteiger partial charge in [-0.25, -0.2) is 19.0 Å². The minimum atomic E-state index is -1.43. The zero-order chi connectivity index (χ0) is 33.5. The summed E-state index contributed by atoms with van der Waals surface area (Å²) >= 11 is 0. The van der Waals surface area contributed by atoms with Crippen LogP contribution in [0.4, 0.5) is 10.1 Å². The van der Waals surface area contributed by atoms with Crippen LogP contribution in [-0.2, 0) is 11.2 Å². The van der Waals surface area contributed by atoms with E-state index in [0.29, 0.717) is 23.5 Å². The van der Waals surface area contributed by atoms with E-state index < -0.39 is 41.5 Å². The number of halogens is 1. The molecule has 12 nitrogen and oxygen atoms in total. The summed E-state index contributed by atoms with van der Waals surface area (Å²) in [6.45, 7) is 0.451. The van der Waals surface area contributed by atoms with Crippen molar-refractivity contribution in [1.29, 1.82) is 0 Å². The molecule has 49 heavy (non-hydrogen) atoms. The predicted octanol–water partition coefficient (Wildman–Crippen LogP) is 4.02. The summed E-state index contributed by atoms with van der Waals surface area (Å²) in [5.41, 5.74) is 0.0859. The normalized spacial score (nSPS) is 13.6. The number of nitrogens with one attached hydrogen (secondary N) is 4. The minimum Gasteiger partial charge on any atom is -0.478 e. The third-order valence-corrected chi connectivity index (χ3v) is 8.27. The van der Waals surface area contributed by atoms with E-state index in [4.69, 9.17) is 0 Å². The smallest absolute Gasteiger partial charge is 0.335 e. The van der Waals surface area contributed by atoms with Gasteiger partial charge in [0, 0.05) is 77.8 Å². The molecule has 6 N–H and O–H groups in total. The quantitative estimate of drug-likeness (QED) is 0.101. The van der Waals surface area contributed by atoms with E-state index >= 15 is 0 Å². The second-order valence-electron chi connectivity index (χ2n) is 11.6. The molecule has 0 saturated heterocycles. The second kappa shape index (κ2) is 18.4. The van der Waals surface area contributed by atoms with Gasteiger partial charge in [-0.2, -0.15) is 0 Å². The predicted molar refractivity (Wildman–Crippen MR) is 181 cm³/mol. The molecule has 1 atom stereocenters. The zero-order valence-corrected chi connectivity index (χ0v) is 31.3. The Balaban J connectivity index is 0.00000325. The molecule has 1 heterocycles. The Morgan fingerprint density at radius 2 is 1.49 bits per heavy atom. The van der Waals surface area contributed by atoms with Gasteiger partial charge in [-0.3, -0.25) is 14.4 Å². The van der Waals surface area contributed by atoms with Crippen LogP contribution in [0.2, 0.25) is 0 Å². The molecule has 1 fully saturated rings. The number of aromatic carboxylic acids is 2. The number of H-pyrrole nitrogens is 1. The van der Waals surface area contributed by atoms with E-state index in [1.165, 1.54) is 49.5 Å². The Bertz CT molecular complexity index is 1810. The van der Waals surface area contributed by atoms with Crippen molar-refractivity contribution in [3.8, 4) is 0 Å². The average Bonchev–Trinajstić information content (AvgIpc) is 3.36. The summed E-state index contributed by atoms with van der Waals surface area (Å²) in [6, 6.07) is 10.2. The Morgan fingerprint density at radius 3 is 2.12 bits per heavy atom. The first-order valence-electron chi connectivity index (χ1n) is 15.3. The van der Waals surface area contributed by atoms with Crippen molar-refractivity contribution in [1.82, 2.24) is 20.6 Å². The minimum absolute atomic E-state index is 0. The number of hydrogen-bond donors (Lipinski definition) is 6. The zero-order valence-electron chi connectivity index (χ0n) is 27.3. The maximum Gasteiger partial charge on any atom is 0.335 e. The van der Waals surface area contributed by atoms with Gasteiger partial charge in [0.15, 0.2) is 0 Å². The van der Waals surface area contributed by atoms with Crippen LogP contribution in [0.5, 0.6) is 0 Å². The number of anilines is 1. The SMILES string of the molecule is O=C(O)c1cc(NC(=O)[C@H](Cc2ccccc2F)NC(=O)c2cc3nc[nH]c3cc2C(=O)NCC2CCCCCC2)cc(C(=O)O)c1.[Na].[Na]. The summed E-state index contributed by atoms with van der Waals surface area (Å²) in [4.78, 5) is 71.3. The molecule has 0 aliphatic heterocycles. The van der Waals surface area contributed by atoms with Crippen molar-refractivity contribution >= 4 is 105 Å². The van der Waals surface area contributed by atoms with Crippen LogP contribution >= 0.6 is 0 Å². The topological polar surface area (TPSA) is 191 Å². The number of benzene rings is 3. The number of carbonyl (C=O) groups is 5. The van der Waals surface area contributed by atoms with Crippen LogP contribution < -0.4 is 16.0 Å². The monoisotopic (exact) mass is 689 g/mol. The number of nitrogens with zero attached hydrogens (tertiary/aromatic N) is 1. The van der Waals surface area contributed by atoms with E-state index in [2.05, 4.69) is 25.9 Å². The number of carbonyl (C=O) groups excluding carboxylic acids is 3. The number of imidazole rings is 1. The maximum absolute atomic E-state index is 14.7. The van der Waals surface area contributed by atoms with E-state index in [9.17, 15) is 38.6 Å². The molecule has 1 aliphatic rings. The van der Waals surface area contributed by atoms with Gasteiger partial charge in [-0.05, 0) is 60.7 Å². The summed E-state index contributed by atoms with van der Waals surface area (Å²) < 4.78 is 14.7. The van der Waals surface area contributed by atoms with Crippen molar-refractivity contribution in [3.63, 3.8) is 0 Å². The largest absolute Gasteiger partial charge is 0.478 e. The van der Waals surface area contributed by atoms with E-state index in [1.807, 2.05) is 0 Å². The van der Waals surface area contributed by atoms with Crippen molar-refractivity contribution in [2.24, 2.45) is 5.92 Å². The fraction of sp³-hybridized carbons (Fsp3) is 0.294. The summed E-state index contributed by atoms with van der Waals surface area (Å²) in [5, 5.41) is 26.9. The fourth-order valence-corrected chi connectivity index (χ4v) is 5.76. The molecule has 1 aromatic heterocycles. The van der Waals surface area contributed by atoms with Gasteiger partial charge in [0.25, 0.3) is 11.8 Å². The number of aromatic nitrogens is 2. The number of fused-ring (bicyclic) bond motifs is 1. The van der Waals surface area contributed by atoms with Gasteiger partial charge < -0.3 is 31.1 Å². The first-order chi connectivity index (χ1) is 22.6. The molecule has 3 aromatic carbocycles. The number of aromatic amines is 1. The average molecular weight is 690 g/mol. The molecular weight excluding hydrogens is 655 g/mol. The van der Waals surface area contributed by atoms with Crippen molar-refractivity contribution in [2.75, 3.05) is 11.9 Å². The summed E-state index contributed by atoms with van der Waals surface area (Å²) in [6.07, 6.45) is 7.63. The number of hydrogen-bond acceptors (Lipinski definition) is 6. The molecule has 0 unspecified atom stereocenters. The van der Waals surface area contributed by atoms with Crippen molar-refractivity contribution in [2.45, 2.75) is 51.0 Å². The first kappa shape index (κ1) is 39.8. The van der Waals surface area contributed by atoms with Crippen LogP contribution in [0.1, 0.15) is 85.5 Å². The summed E-state index contributed by atoms with van der Waals surface area (Å²) in [7, 11) is 0. The molecule has 1 saturated carbocycles. The molecule has 3 amide bonds.